The summed E-state index contributed by atoms with van der Waals surface area (Å²) in [6, 6.07) is 75.3. The maximum Gasteiger partial charge on any atom is 0.113 e. The first-order valence-corrected chi connectivity index (χ1v) is 24.1. The van der Waals surface area contributed by atoms with Gasteiger partial charge in [0.2, 0.25) is 0 Å². The lowest BCUT2D eigenvalue weighted by Gasteiger charge is -2.21. The summed E-state index contributed by atoms with van der Waals surface area (Å²) in [5, 5.41) is 18.7. The molecule has 11 aromatic carbocycles. The first-order valence-electron chi connectivity index (χ1n) is 21.1. The third-order valence-electron chi connectivity index (χ3n) is 13.7. The zero-order valence-corrected chi connectivity index (χ0v) is 34.5. The summed E-state index contributed by atoms with van der Waals surface area (Å²) >= 11 is 0. The van der Waals surface area contributed by atoms with Gasteiger partial charge in [-0.1, -0.05) is 171 Å². The van der Waals surface area contributed by atoms with E-state index < -0.39 is 8.07 Å². The molecular formula is C58H39NSi. The number of hydrogen-bond donors (Lipinski definition) is 0. The number of nitrogens with zero attached hydrogens (tertiary/aromatic N) is 1. The zero-order chi connectivity index (χ0) is 39.7. The van der Waals surface area contributed by atoms with Crippen molar-refractivity contribution in [3.8, 4) is 39.1 Å². The summed E-state index contributed by atoms with van der Waals surface area (Å²) in [5.74, 6) is 0. The van der Waals surface area contributed by atoms with Crippen LogP contribution in [0.25, 0.3) is 115 Å². The number of aromatic nitrogens is 1. The van der Waals surface area contributed by atoms with E-state index in [-0.39, 0.29) is 0 Å². The fraction of sp³-hybridized carbons (Fsp3) is 0.0345. The molecule has 0 atom stereocenters. The zero-order valence-electron chi connectivity index (χ0n) is 33.5. The van der Waals surface area contributed by atoms with Crippen molar-refractivity contribution in [1.82, 2.24) is 4.57 Å². The van der Waals surface area contributed by atoms with Crippen molar-refractivity contribution in [1.29, 1.82) is 0 Å². The molecular weight excluding hydrogens is 739 g/mol. The molecule has 0 spiro atoms. The van der Waals surface area contributed by atoms with Gasteiger partial charge in [0, 0.05) is 16.5 Å². The third kappa shape index (κ3) is 4.57. The van der Waals surface area contributed by atoms with Gasteiger partial charge < -0.3 is 4.57 Å². The van der Waals surface area contributed by atoms with Gasteiger partial charge in [0.1, 0.15) is 8.07 Å². The number of rotatable bonds is 3. The molecule has 12 aromatic rings. The molecule has 0 saturated carbocycles. The highest BCUT2D eigenvalue weighted by Crippen LogP contribution is 2.47. The van der Waals surface area contributed by atoms with E-state index in [0.717, 1.165) is 0 Å². The van der Waals surface area contributed by atoms with E-state index in [4.69, 9.17) is 0 Å². The highest BCUT2D eigenvalue weighted by atomic mass is 28.3. The second-order valence-electron chi connectivity index (χ2n) is 17.2. The molecule has 13 rings (SSSR count). The Bertz CT molecular complexity index is 3740. The predicted octanol–water partition coefficient (Wildman–Crippen LogP) is 14.7. The van der Waals surface area contributed by atoms with E-state index in [1.54, 1.807) is 0 Å². The van der Waals surface area contributed by atoms with Gasteiger partial charge in [-0.05, 0) is 140 Å². The molecule has 2 heterocycles. The Morgan fingerprint density at radius 1 is 0.300 bits per heavy atom. The maximum atomic E-state index is 2.57. The van der Waals surface area contributed by atoms with Crippen LogP contribution in [0, 0.1) is 0 Å². The molecule has 1 nitrogen and oxygen atoms in total. The molecule has 1 aliphatic heterocycles. The fourth-order valence-electron chi connectivity index (χ4n) is 11.0. The topological polar surface area (TPSA) is 4.93 Å². The van der Waals surface area contributed by atoms with E-state index in [9.17, 15) is 0 Å². The van der Waals surface area contributed by atoms with Crippen molar-refractivity contribution in [3.63, 3.8) is 0 Å². The lowest BCUT2D eigenvalue weighted by Crippen LogP contribution is -2.49. The molecule has 60 heavy (non-hydrogen) atoms. The number of fused-ring (bicyclic) bond motifs is 14. The van der Waals surface area contributed by atoms with E-state index in [2.05, 4.69) is 218 Å². The van der Waals surface area contributed by atoms with Gasteiger partial charge >= 0.3 is 0 Å². The first-order chi connectivity index (χ1) is 29.5. The Balaban J connectivity index is 1.05. The summed E-state index contributed by atoms with van der Waals surface area (Å²) in [6.07, 6.45) is 0. The van der Waals surface area contributed by atoms with Crippen molar-refractivity contribution in [2.75, 3.05) is 0 Å². The van der Waals surface area contributed by atoms with Crippen LogP contribution in [0.4, 0.5) is 0 Å². The van der Waals surface area contributed by atoms with E-state index in [0.29, 0.717) is 0 Å². The maximum absolute atomic E-state index is 2.57. The average molecular weight is 778 g/mol. The number of hydrogen-bond acceptors (Lipinski definition) is 0. The van der Waals surface area contributed by atoms with Gasteiger partial charge in [-0.25, -0.2) is 0 Å². The minimum absolute atomic E-state index is 1.18. The molecule has 0 bridgehead atoms. The second-order valence-corrected chi connectivity index (χ2v) is 21.5. The Morgan fingerprint density at radius 3 is 1.33 bits per heavy atom. The van der Waals surface area contributed by atoms with Crippen molar-refractivity contribution >= 4 is 94.1 Å². The minimum Gasteiger partial charge on any atom is -0.309 e. The highest BCUT2D eigenvalue weighted by molar-refractivity contribution is 7.04. The predicted molar refractivity (Wildman–Crippen MR) is 261 cm³/mol. The largest absolute Gasteiger partial charge is 0.309 e. The van der Waals surface area contributed by atoms with E-state index >= 15 is 0 Å². The number of para-hydroxylation sites is 2. The van der Waals surface area contributed by atoms with Crippen molar-refractivity contribution < 1.29 is 0 Å². The van der Waals surface area contributed by atoms with Gasteiger partial charge in [0.05, 0.1) is 11.0 Å². The Hall–Kier alpha value is -7.26. The standard InChI is InChI=1S/C58H39NSi/c1-60(2)55-31-29-37(33-51(55)52-34-48-41-20-8-6-18-39(41)40-19-7-9-21-42(40)49(48)35-56(52)60)58-46-25-12-10-23-44(46)57(45-24-11-13-26-47(45)58)36-28-30-54-50(32-36)43-22-14-15-27-53(43)59(54)38-16-4-3-5-17-38/h3-35H,1-2H3. The van der Waals surface area contributed by atoms with Crippen LogP contribution in [0.5, 0.6) is 0 Å². The SMILES string of the molecule is C[Si]1(C)c2ccc(-c3c4ccccc4c(-c4ccc5c(c4)c4ccccc4n5-c4ccccc4)c4ccccc34)cc2-c2cc3c4ccccc4c4ccccc4c3cc21. The normalized spacial score (nSPS) is 13.3. The van der Waals surface area contributed by atoms with E-state index in [1.807, 2.05) is 0 Å². The molecule has 0 radical (unpaired) electrons. The molecule has 2 heteroatoms. The summed E-state index contributed by atoms with van der Waals surface area (Å²) in [4.78, 5) is 0. The molecule has 0 amide bonds. The molecule has 0 unspecified atom stereocenters. The fourth-order valence-corrected chi connectivity index (χ4v) is 14.1. The van der Waals surface area contributed by atoms with Crippen LogP contribution in [-0.2, 0) is 0 Å². The van der Waals surface area contributed by atoms with Crippen molar-refractivity contribution in [2.45, 2.75) is 13.1 Å². The van der Waals surface area contributed by atoms with Gasteiger partial charge in [-0.3, -0.25) is 0 Å². The summed E-state index contributed by atoms with van der Waals surface area (Å²) in [5.41, 5.74) is 11.5. The van der Waals surface area contributed by atoms with Gasteiger partial charge in [-0.2, -0.15) is 0 Å². The van der Waals surface area contributed by atoms with E-state index in [1.165, 1.54) is 125 Å². The monoisotopic (exact) mass is 777 g/mol. The van der Waals surface area contributed by atoms with Gasteiger partial charge in [0.25, 0.3) is 0 Å². The quantitative estimate of drug-likeness (QED) is 0.0956. The van der Waals surface area contributed by atoms with Gasteiger partial charge in [0.15, 0.2) is 0 Å². The number of benzene rings is 11. The second kappa shape index (κ2) is 12.4. The lowest BCUT2D eigenvalue weighted by molar-refractivity contribution is 1.18. The smallest absolute Gasteiger partial charge is 0.113 e. The Morgan fingerprint density at radius 2 is 0.733 bits per heavy atom. The van der Waals surface area contributed by atoms with Crippen LogP contribution in [0.2, 0.25) is 13.1 Å². The molecule has 0 saturated heterocycles. The first kappa shape index (κ1) is 33.7. The van der Waals surface area contributed by atoms with Crippen LogP contribution in [0.15, 0.2) is 200 Å². The van der Waals surface area contributed by atoms with Crippen LogP contribution in [0.3, 0.4) is 0 Å². The van der Waals surface area contributed by atoms with Crippen LogP contribution in [0.1, 0.15) is 0 Å². The average Bonchev–Trinajstić information content (AvgIpc) is 3.75. The van der Waals surface area contributed by atoms with Crippen LogP contribution >= 0.6 is 0 Å². The minimum atomic E-state index is -2.00. The molecule has 0 aliphatic carbocycles. The van der Waals surface area contributed by atoms with Crippen molar-refractivity contribution in [2.24, 2.45) is 0 Å². The Kier molecular flexibility index (Phi) is 6.95. The third-order valence-corrected chi connectivity index (χ3v) is 17.3. The molecule has 0 fully saturated rings. The van der Waals surface area contributed by atoms with Crippen LogP contribution < -0.4 is 10.4 Å². The molecule has 0 N–H and O–H groups in total. The molecule has 1 aromatic heterocycles. The summed E-state index contributed by atoms with van der Waals surface area (Å²) < 4.78 is 2.40. The van der Waals surface area contributed by atoms with Crippen LogP contribution in [-0.4, -0.2) is 12.6 Å². The molecule has 280 valence electrons. The molecule has 1 aliphatic rings. The summed E-state index contributed by atoms with van der Waals surface area (Å²) in [6.45, 7) is 5.08. The van der Waals surface area contributed by atoms with Gasteiger partial charge in [-0.15, -0.1) is 0 Å². The highest BCUT2D eigenvalue weighted by Gasteiger charge is 2.38. The Labute approximate surface area is 349 Å². The van der Waals surface area contributed by atoms with Crippen molar-refractivity contribution in [3.05, 3.63) is 200 Å². The lowest BCUT2D eigenvalue weighted by atomic mass is 9.85. The summed E-state index contributed by atoms with van der Waals surface area (Å²) in [7, 11) is -2.00.